The number of halogens is 1. The minimum Gasteiger partial charge on any atom is -0.399 e. The lowest BCUT2D eigenvalue weighted by Crippen LogP contribution is -2.41. The summed E-state index contributed by atoms with van der Waals surface area (Å²) >= 11 is 3.50. The summed E-state index contributed by atoms with van der Waals surface area (Å²) in [6.45, 7) is 17.4. The van der Waals surface area contributed by atoms with Gasteiger partial charge in [0.25, 0.3) is 0 Å². The van der Waals surface area contributed by atoms with Gasteiger partial charge in [-0.25, -0.2) is 29.9 Å². The smallest absolute Gasteiger partial charge is 0.399 e. The van der Waals surface area contributed by atoms with E-state index in [-0.39, 0.29) is 29.2 Å². The van der Waals surface area contributed by atoms with Gasteiger partial charge in [0.2, 0.25) is 0 Å². The molecule has 0 radical (unpaired) electrons. The average molecular weight is 1340 g/mol. The van der Waals surface area contributed by atoms with Crippen molar-refractivity contribution >= 4 is 50.1 Å². The van der Waals surface area contributed by atoms with Crippen LogP contribution in [-0.2, 0) is 20.1 Å². The molecule has 2 aromatic heterocycles. The third-order valence-electron chi connectivity index (χ3n) is 19.6. The van der Waals surface area contributed by atoms with Crippen molar-refractivity contribution in [2.24, 2.45) is 0 Å². The highest BCUT2D eigenvalue weighted by atomic mass is 79.9. The molecule has 0 atom stereocenters. The first-order valence-corrected chi connectivity index (χ1v) is 34.5. The van der Waals surface area contributed by atoms with Crippen molar-refractivity contribution in [3.8, 4) is 79.5 Å². The van der Waals surface area contributed by atoms with Gasteiger partial charge in [-0.1, -0.05) is 341 Å². The van der Waals surface area contributed by atoms with Crippen molar-refractivity contribution in [1.29, 1.82) is 0 Å². The lowest BCUT2D eigenvalue weighted by molar-refractivity contribution is 0.00578. The molecule has 98 heavy (non-hydrogen) atoms. The van der Waals surface area contributed by atoms with Crippen molar-refractivity contribution in [1.82, 2.24) is 29.9 Å². The van der Waals surface area contributed by atoms with Crippen LogP contribution in [0.4, 0.5) is 0 Å². The average Bonchev–Trinajstić information content (AvgIpc) is 1.45. The second-order valence-electron chi connectivity index (χ2n) is 26.4. The molecular weight excluding hydrogens is 1260 g/mol. The first kappa shape index (κ1) is 66.3. The van der Waals surface area contributed by atoms with Gasteiger partial charge in [0.15, 0.2) is 34.9 Å². The van der Waals surface area contributed by atoms with Gasteiger partial charge in [0, 0.05) is 48.7 Å². The first-order valence-electron chi connectivity index (χ1n) is 33.7. The summed E-state index contributed by atoms with van der Waals surface area (Å²) in [5.74, 6) is 3.99. The van der Waals surface area contributed by atoms with Crippen LogP contribution in [0.3, 0.4) is 0 Å². The zero-order valence-corrected chi connectivity index (χ0v) is 58.3. The van der Waals surface area contributed by atoms with Crippen LogP contribution >= 0.6 is 15.9 Å². The van der Waals surface area contributed by atoms with E-state index < -0.39 is 0 Å². The molecule has 0 aliphatic carbocycles. The molecule has 3 heterocycles. The number of aromatic nitrogens is 6. The summed E-state index contributed by atoms with van der Waals surface area (Å²) in [6, 6.07) is 105. The van der Waals surface area contributed by atoms with E-state index in [1.54, 1.807) is 0 Å². The Morgan fingerprint density at radius 2 is 0.612 bits per heavy atom. The van der Waals surface area contributed by atoms with Gasteiger partial charge in [-0.15, -0.1) is 0 Å². The summed E-state index contributed by atoms with van der Waals surface area (Å²) < 4.78 is 13.8. The minimum absolute atomic E-state index is 0.128. The van der Waals surface area contributed by atoms with E-state index in [1.165, 1.54) is 54.9 Å². The monoisotopic (exact) mass is 1340 g/mol. The third kappa shape index (κ3) is 14.1. The normalized spacial score (nSPS) is 13.3. The summed E-state index contributed by atoms with van der Waals surface area (Å²) in [6.07, 6.45) is 1.95. The lowest BCUT2D eigenvalue weighted by atomic mass is 9.69. The fraction of sp³-hybridized carbons (Fsp3) is 0.159. The van der Waals surface area contributed by atoms with E-state index in [0.717, 1.165) is 56.2 Å². The summed E-state index contributed by atoms with van der Waals surface area (Å²) in [7, 11) is -0.368. The number of nitrogens with zero attached hydrogens (tertiary/aromatic N) is 6. The molecule has 12 aromatic carbocycles. The van der Waals surface area contributed by atoms with Crippen LogP contribution in [0.1, 0.15) is 90.5 Å². The van der Waals surface area contributed by atoms with Crippen molar-refractivity contribution in [3.63, 3.8) is 0 Å². The Bertz CT molecular complexity index is 4870. The van der Waals surface area contributed by atoms with Crippen LogP contribution in [0.15, 0.2) is 308 Å². The van der Waals surface area contributed by atoms with Crippen LogP contribution in [0.25, 0.3) is 101 Å². The number of hydrogen-bond donors (Lipinski definition) is 0. The van der Waals surface area contributed by atoms with Gasteiger partial charge >= 0.3 is 7.12 Å². The quantitative estimate of drug-likeness (QED) is 0.0994. The molecule has 0 unspecified atom stereocenters. The molecule has 482 valence electrons. The Kier molecular flexibility index (Phi) is 19.5. The van der Waals surface area contributed by atoms with Gasteiger partial charge in [-0.2, -0.15) is 0 Å². The lowest BCUT2D eigenvalue weighted by Gasteiger charge is -2.33. The number of hydrogen-bond acceptors (Lipinski definition) is 8. The van der Waals surface area contributed by atoms with Gasteiger partial charge < -0.3 is 9.31 Å². The van der Waals surface area contributed by atoms with Gasteiger partial charge in [0.1, 0.15) is 0 Å². The van der Waals surface area contributed by atoms with E-state index in [0.29, 0.717) is 34.9 Å². The van der Waals surface area contributed by atoms with E-state index in [4.69, 9.17) is 39.2 Å². The molecule has 14 aromatic rings. The largest absolute Gasteiger partial charge is 0.494 e. The molecule has 8 nitrogen and oxygen atoms in total. The van der Waals surface area contributed by atoms with E-state index in [1.807, 2.05) is 133 Å². The number of fused-ring (bicyclic) bond motifs is 2. The predicted octanol–water partition coefficient (Wildman–Crippen LogP) is 21.9. The molecule has 0 N–H and O–H groups in total. The van der Waals surface area contributed by atoms with Gasteiger partial charge in [-0.3, -0.25) is 0 Å². The number of rotatable bonds is 14. The highest BCUT2D eigenvalue weighted by Gasteiger charge is 2.51. The molecule has 1 aliphatic heterocycles. The van der Waals surface area contributed by atoms with E-state index in [2.05, 4.69) is 241 Å². The van der Waals surface area contributed by atoms with Gasteiger partial charge in [0.05, 0.1) is 11.2 Å². The van der Waals surface area contributed by atoms with E-state index in [9.17, 15) is 0 Å². The standard InChI is InChI=1S/C40H31N3.C38H40BN3O2.C10H7Br/c1-40(2,33-24-20-29(21-25-33)36-19-11-17-28-12-9-10-18-35(28)36)34-26-22-32(23-27-34)39-42-37(30-13-5-3-6-14-30)41-38(43-39)31-15-7-4-8-16-31;1-7-38(8-2,31-23-25-32(26-24-31)39-43-36(3,4)37(5,6)44-39)30-21-19-29(20-22-30)35-41-33(27-15-11-9-12-16-27)40-34(42-35)28-17-13-10-14-18-28;11-10-7-3-5-8-4-1-2-6-9(8)10/h3-27H,1-2H3;9-26H,7-8H2,1-6H3;1-7H. The Morgan fingerprint density at radius 3 is 0.990 bits per heavy atom. The highest BCUT2D eigenvalue weighted by molar-refractivity contribution is 9.10. The maximum Gasteiger partial charge on any atom is 0.494 e. The molecule has 0 saturated carbocycles. The molecule has 1 saturated heterocycles. The van der Waals surface area contributed by atoms with Crippen molar-refractivity contribution < 1.29 is 9.31 Å². The molecule has 15 rings (SSSR count). The van der Waals surface area contributed by atoms with Crippen molar-refractivity contribution in [2.45, 2.75) is 90.3 Å². The molecule has 0 bridgehead atoms. The second kappa shape index (κ2) is 28.8. The topological polar surface area (TPSA) is 95.8 Å². The highest BCUT2D eigenvalue weighted by Crippen LogP contribution is 2.42. The maximum atomic E-state index is 6.30. The van der Waals surface area contributed by atoms with E-state index >= 15 is 0 Å². The summed E-state index contributed by atoms with van der Waals surface area (Å²) in [4.78, 5) is 29.3. The van der Waals surface area contributed by atoms with Crippen LogP contribution in [0.5, 0.6) is 0 Å². The fourth-order valence-corrected chi connectivity index (χ4v) is 13.4. The molecule has 1 aliphatic rings. The maximum absolute atomic E-state index is 6.30. The van der Waals surface area contributed by atoms with Gasteiger partial charge in [-0.05, 0) is 107 Å². The Morgan fingerprint density at radius 1 is 0.316 bits per heavy atom. The Labute approximate surface area is 585 Å². The second-order valence-corrected chi connectivity index (χ2v) is 27.3. The fourth-order valence-electron chi connectivity index (χ4n) is 12.9. The first-order chi connectivity index (χ1) is 47.6. The zero-order valence-electron chi connectivity index (χ0n) is 56.7. The van der Waals surface area contributed by atoms with Crippen molar-refractivity contribution in [3.05, 3.63) is 330 Å². The zero-order chi connectivity index (χ0) is 67.9. The van der Waals surface area contributed by atoms with Crippen LogP contribution in [-0.4, -0.2) is 48.2 Å². The summed E-state index contributed by atoms with van der Waals surface area (Å²) in [5.41, 5.74) is 13.3. The Balaban J connectivity index is 0.000000152. The van der Waals surface area contributed by atoms with Crippen molar-refractivity contribution in [2.75, 3.05) is 0 Å². The van der Waals surface area contributed by atoms with Crippen LogP contribution in [0, 0.1) is 0 Å². The molecule has 10 heteroatoms. The molecule has 1 fully saturated rings. The molecule has 0 spiro atoms. The van der Waals surface area contributed by atoms with Crippen LogP contribution in [0.2, 0.25) is 0 Å². The molecule has 0 amide bonds. The molecular formula is C88H78BBrN6O2. The minimum atomic E-state index is -0.368. The van der Waals surface area contributed by atoms with Crippen LogP contribution < -0.4 is 5.46 Å². The summed E-state index contributed by atoms with van der Waals surface area (Å²) in [5, 5.41) is 5.09. The SMILES string of the molecule is Brc1cccc2ccccc12.CC(C)(c1ccc(-c2nc(-c3ccccc3)nc(-c3ccccc3)n2)cc1)c1ccc(-c2cccc3ccccc23)cc1.CCC(CC)(c1ccc(B2OC(C)(C)C(C)(C)O2)cc1)c1ccc(-c2nc(-c3ccccc3)nc(-c3ccccc3)n2)cc1. The third-order valence-corrected chi connectivity index (χ3v) is 20.3. The number of benzene rings is 12. The predicted molar refractivity (Wildman–Crippen MR) is 409 cm³/mol. The Hall–Kier alpha value is -10.4.